The van der Waals surface area contributed by atoms with Crippen molar-refractivity contribution in [2.24, 2.45) is 4.99 Å². The molecule has 0 heterocycles. The van der Waals surface area contributed by atoms with Crippen LogP contribution in [-0.2, 0) is 22.1 Å². The molecule has 29 heavy (non-hydrogen) atoms. The largest absolute Gasteiger partial charge is 0.401 e. The van der Waals surface area contributed by atoms with Crippen LogP contribution in [0.25, 0.3) is 0 Å². The molecule has 12 heteroatoms. The van der Waals surface area contributed by atoms with E-state index >= 15 is 0 Å². The Balaban J connectivity index is 0.00000784. The van der Waals surface area contributed by atoms with E-state index in [1.54, 1.807) is 0 Å². The van der Waals surface area contributed by atoms with Crippen molar-refractivity contribution in [1.82, 2.24) is 15.5 Å². The van der Waals surface area contributed by atoms with Gasteiger partial charge in [-0.3, -0.25) is 4.90 Å². The highest BCUT2D eigenvalue weighted by molar-refractivity contribution is 14.0. The van der Waals surface area contributed by atoms with Crippen molar-refractivity contribution in [2.75, 3.05) is 39.5 Å². The summed E-state index contributed by atoms with van der Waals surface area (Å²) < 4.78 is 73.7. The number of halogens is 5. The molecule has 0 aliphatic heterocycles. The fraction of sp³-hybridized carbons (Fsp3) is 0.588. The Morgan fingerprint density at radius 2 is 1.86 bits per heavy atom. The van der Waals surface area contributed by atoms with E-state index in [0.717, 1.165) is 11.2 Å². The van der Waals surface area contributed by atoms with Crippen molar-refractivity contribution in [2.45, 2.75) is 25.4 Å². The number of hydrogen-bond acceptors (Lipinski definition) is 4. The minimum atomic E-state index is -4.26. The number of rotatable bonds is 9. The molecular formula is C17H27F4IN4O2S. The Labute approximate surface area is 186 Å². The molecule has 0 aliphatic carbocycles. The lowest BCUT2D eigenvalue weighted by Gasteiger charge is -2.19. The fourth-order valence-corrected chi connectivity index (χ4v) is 3.27. The Bertz CT molecular complexity index is 773. The summed E-state index contributed by atoms with van der Waals surface area (Å²) in [5.41, 5.74) is 0.880. The molecule has 0 fully saturated rings. The number of likely N-dealkylation sites (N-methyl/N-ethyl adjacent to an activating group) is 1. The summed E-state index contributed by atoms with van der Waals surface area (Å²) in [6.45, 7) is 1.71. The highest BCUT2D eigenvalue weighted by Gasteiger charge is 2.28. The molecular weight excluding hydrogens is 527 g/mol. The van der Waals surface area contributed by atoms with E-state index in [9.17, 15) is 26.0 Å². The molecule has 168 valence electrons. The fourth-order valence-electron chi connectivity index (χ4n) is 2.42. The maximum atomic E-state index is 13.6. The molecule has 0 amide bonds. The molecule has 2 N–H and O–H groups in total. The molecule has 0 unspecified atom stereocenters. The van der Waals surface area contributed by atoms with Gasteiger partial charge in [0.05, 0.1) is 18.8 Å². The molecule has 1 aromatic rings. The van der Waals surface area contributed by atoms with Crippen molar-refractivity contribution < 1.29 is 26.0 Å². The first-order valence-corrected chi connectivity index (χ1v) is 10.7. The Morgan fingerprint density at radius 1 is 1.21 bits per heavy atom. The van der Waals surface area contributed by atoms with Gasteiger partial charge in [0.1, 0.15) is 5.82 Å². The van der Waals surface area contributed by atoms with Crippen molar-refractivity contribution >= 4 is 39.8 Å². The predicted molar refractivity (Wildman–Crippen MR) is 117 cm³/mol. The molecule has 0 atom stereocenters. The summed E-state index contributed by atoms with van der Waals surface area (Å²) in [6.07, 6.45) is -3.17. The van der Waals surface area contributed by atoms with Crippen LogP contribution in [0, 0.1) is 5.82 Å². The highest BCUT2D eigenvalue weighted by atomic mass is 127. The van der Waals surface area contributed by atoms with E-state index in [4.69, 9.17) is 0 Å². The lowest BCUT2D eigenvalue weighted by Crippen LogP contribution is -2.42. The quantitative estimate of drug-likeness (QED) is 0.213. The highest BCUT2D eigenvalue weighted by Crippen LogP contribution is 2.16. The van der Waals surface area contributed by atoms with Gasteiger partial charge in [0.15, 0.2) is 15.8 Å². The summed E-state index contributed by atoms with van der Waals surface area (Å²) in [4.78, 5) is 5.41. The molecule has 0 aromatic heterocycles. The Kier molecular flexibility index (Phi) is 12.0. The van der Waals surface area contributed by atoms with Gasteiger partial charge in [-0.1, -0.05) is 6.07 Å². The Hall–Kier alpha value is -1.15. The van der Waals surface area contributed by atoms with Gasteiger partial charge >= 0.3 is 6.18 Å². The zero-order valence-electron chi connectivity index (χ0n) is 16.5. The monoisotopic (exact) mass is 554 g/mol. The van der Waals surface area contributed by atoms with Gasteiger partial charge in [-0.15, -0.1) is 24.0 Å². The Morgan fingerprint density at radius 3 is 2.41 bits per heavy atom. The maximum Gasteiger partial charge on any atom is 0.401 e. The predicted octanol–water partition coefficient (Wildman–Crippen LogP) is 2.54. The third kappa shape index (κ3) is 12.9. The van der Waals surface area contributed by atoms with Gasteiger partial charge in [-0.2, -0.15) is 13.2 Å². The smallest absolute Gasteiger partial charge is 0.357 e. The maximum absolute atomic E-state index is 13.6. The first kappa shape index (κ1) is 27.8. The third-order valence-corrected chi connectivity index (χ3v) is 4.41. The molecule has 0 radical (unpaired) electrons. The van der Waals surface area contributed by atoms with E-state index < -0.39 is 28.4 Å². The number of nitrogens with zero attached hydrogens (tertiary/aromatic N) is 2. The first-order valence-electron chi connectivity index (χ1n) is 8.62. The molecule has 0 saturated heterocycles. The normalized spacial score (nSPS) is 12.6. The average molecular weight is 554 g/mol. The molecule has 0 aliphatic rings. The second-order valence-electron chi connectivity index (χ2n) is 6.46. The lowest BCUT2D eigenvalue weighted by atomic mass is 10.1. The molecule has 6 nitrogen and oxygen atoms in total. The molecule has 1 aromatic carbocycles. The van der Waals surface area contributed by atoms with Crippen molar-refractivity contribution in [3.8, 4) is 0 Å². The van der Waals surface area contributed by atoms with Gasteiger partial charge in [0, 0.05) is 25.9 Å². The van der Waals surface area contributed by atoms with E-state index in [1.807, 2.05) is 6.92 Å². The number of nitrogens with one attached hydrogen (secondary N) is 2. The minimum Gasteiger partial charge on any atom is -0.357 e. The minimum absolute atomic E-state index is 0. The standard InChI is InChI=1S/C17H26F4N4O2S.HI/c1-4-22-16(23-7-8-25(2)12-17(19,20)21)24-10-14-9-15(18)6-5-13(14)11-28(3,26)27;/h5-6,9H,4,7-8,10-12H2,1-3H3,(H2,22,23,24);1H. The van der Waals surface area contributed by atoms with E-state index in [-0.39, 0.29) is 49.4 Å². The van der Waals surface area contributed by atoms with Gasteiger partial charge in [-0.05, 0) is 37.2 Å². The zero-order chi connectivity index (χ0) is 21.4. The lowest BCUT2D eigenvalue weighted by molar-refractivity contribution is -0.142. The van der Waals surface area contributed by atoms with Crippen molar-refractivity contribution in [1.29, 1.82) is 0 Å². The van der Waals surface area contributed by atoms with Crippen molar-refractivity contribution in [3.05, 3.63) is 35.1 Å². The third-order valence-electron chi connectivity index (χ3n) is 3.57. The number of aliphatic imine (C=N–C) groups is 1. The number of benzene rings is 1. The van der Waals surface area contributed by atoms with Crippen LogP contribution in [-0.4, -0.2) is 64.9 Å². The number of guanidine groups is 1. The first-order chi connectivity index (χ1) is 12.9. The zero-order valence-corrected chi connectivity index (χ0v) is 19.7. The summed E-state index contributed by atoms with van der Waals surface area (Å²) in [6, 6.07) is 3.83. The van der Waals surface area contributed by atoms with Gasteiger partial charge < -0.3 is 10.6 Å². The topological polar surface area (TPSA) is 73.8 Å². The summed E-state index contributed by atoms with van der Waals surface area (Å²) in [5, 5.41) is 5.85. The van der Waals surface area contributed by atoms with E-state index in [0.29, 0.717) is 23.6 Å². The number of hydrogen-bond donors (Lipinski definition) is 2. The van der Waals surface area contributed by atoms with Gasteiger partial charge in [0.25, 0.3) is 0 Å². The molecule has 0 spiro atoms. The molecule has 0 bridgehead atoms. The summed E-state index contributed by atoms with van der Waals surface area (Å²) >= 11 is 0. The van der Waals surface area contributed by atoms with E-state index in [1.165, 1.54) is 25.2 Å². The van der Waals surface area contributed by atoms with Crippen LogP contribution in [0.1, 0.15) is 18.1 Å². The SMILES string of the molecule is CCNC(=NCc1cc(F)ccc1CS(C)(=O)=O)NCCN(C)CC(F)(F)F.I. The van der Waals surface area contributed by atoms with Crippen molar-refractivity contribution in [3.63, 3.8) is 0 Å². The molecule has 1 rings (SSSR count). The van der Waals surface area contributed by atoms with Crippen LogP contribution >= 0.6 is 24.0 Å². The van der Waals surface area contributed by atoms with Gasteiger partial charge in [0.2, 0.25) is 0 Å². The second-order valence-corrected chi connectivity index (χ2v) is 8.60. The van der Waals surface area contributed by atoms with Crippen LogP contribution in [0.5, 0.6) is 0 Å². The average Bonchev–Trinajstić information content (AvgIpc) is 2.52. The van der Waals surface area contributed by atoms with Crippen LogP contribution in [0.3, 0.4) is 0 Å². The van der Waals surface area contributed by atoms with Crippen LogP contribution in [0.4, 0.5) is 17.6 Å². The molecule has 0 saturated carbocycles. The number of alkyl halides is 3. The summed E-state index contributed by atoms with van der Waals surface area (Å²) in [7, 11) is -1.94. The summed E-state index contributed by atoms with van der Waals surface area (Å²) in [5.74, 6) is -0.392. The van der Waals surface area contributed by atoms with Crippen LogP contribution in [0.2, 0.25) is 0 Å². The number of sulfone groups is 1. The second kappa shape index (κ2) is 12.5. The van der Waals surface area contributed by atoms with Crippen LogP contribution in [0.15, 0.2) is 23.2 Å². The van der Waals surface area contributed by atoms with Gasteiger partial charge in [-0.25, -0.2) is 17.8 Å². The van der Waals surface area contributed by atoms with Crippen LogP contribution < -0.4 is 10.6 Å². The van der Waals surface area contributed by atoms with E-state index in [2.05, 4.69) is 15.6 Å².